The average molecular weight is 554 g/mol. The lowest BCUT2D eigenvalue weighted by atomic mass is 9.97. The maximum atomic E-state index is 2.36. The molecule has 0 saturated heterocycles. The van der Waals surface area contributed by atoms with Gasteiger partial charge < -0.3 is 4.90 Å². The Hall–Kier alpha value is -5.18. The first-order chi connectivity index (χ1) is 20.8. The molecule has 0 amide bonds. The fourth-order valence-corrected chi connectivity index (χ4v) is 7.13. The van der Waals surface area contributed by atoms with Gasteiger partial charge in [0, 0.05) is 37.2 Å². The van der Waals surface area contributed by atoms with Crippen molar-refractivity contribution in [2.75, 3.05) is 4.90 Å². The van der Waals surface area contributed by atoms with Crippen LogP contribution in [0.3, 0.4) is 0 Å². The molecule has 0 aliphatic heterocycles. The Bertz CT molecular complexity index is 2200. The molecule has 0 aliphatic carbocycles. The van der Waals surface area contributed by atoms with Crippen molar-refractivity contribution in [1.82, 2.24) is 0 Å². The Morgan fingerprint density at radius 1 is 0.357 bits per heavy atom. The van der Waals surface area contributed by atoms with Crippen LogP contribution >= 0.6 is 11.3 Å². The second kappa shape index (κ2) is 10.3. The van der Waals surface area contributed by atoms with Gasteiger partial charge in [-0.3, -0.25) is 0 Å². The maximum absolute atomic E-state index is 2.36. The largest absolute Gasteiger partial charge is 0.310 e. The molecule has 0 N–H and O–H groups in total. The van der Waals surface area contributed by atoms with E-state index in [1.807, 2.05) is 11.3 Å². The van der Waals surface area contributed by atoms with Gasteiger partial charge in [-0.1, -0.05) is 109 Å². The third kappa shape index (κ3) is 4.34. The molecule has 1 nitrogen and oxygen atoms in total. The van der Waals surface area contributed by atoms with Crippen molar-refractivity contribution in [3.63, 3.8) is 0 Å². The number of fused-ring (bicyclic) bond motifs is 4. The highest BCUT2D eigenvalue weighted by molar-refractivity contribution is 7.25. The summed E-state index contributed by atoms with van der Waals surface area (Å²) in [5, 5.41) is 5.16. The van der Waals surface area contributed by atoms with E-state index in [2.05, 4.69) is 169 Å². The van der Waals surface area contributed by atoms with Crippen molar-refractivity contribution in [2.45, 2.75) is 0 Å². The fourth-order valence-electron chi connectivity index (χ4n) is 6.04. The number of anilines is 3. The van der Waals surface area contributed by atoms with Crippen LogP contribution in [0, 0.1) is 0 Å². The van der Waals surface area contributed by atoms with Crippen molar-refractivity contribution in [1.29, 1.82) is 0 Å². The van der Waals surface area contributed by atoms with E-state index in [-0.39, 0.29) is 0 Å². The lowest BCUT2D eigenvalue weighted by Gasteiger charge is -2.26. The number of thiophene rings is 1. The second-order valence-corrected chi connectivity index (χ2v) is 11.7. The number of benzene rings is 7. The van der Waals surface area contributed by atoms with Gasteiger partial charge in [0.1, 0.15) is 0 Å². The first-order valence-electron chi connectivity index (χ1n) is 14.3. The molecule has 8 aromatic rings. The predicted molar refractivity (Wildman–Crippen MR) is 182 cm³/mol. The minimum absolute atomic E-state index is 1.13. The van der Waals surface area contributed by atoms with Gasteiger partial charge in [0.2, 0.25) is 0 Å². The monoisotopic (exact) mass is 553 g/mol. The van der Waals surface area contributed by atoms with Gasteiger partial charge in [-0.25, -0.2) is 0 Å². The van der Waals surface area contributed by atoms with Gasteiger partial charge in [-0.2, -0.15) is 0 Å². The molecule has 198 valence electrons. The van der Waals surface area contributed by atoms with Crippen LogP contribution in [0.2, 0.25) is 0 Å². The third-order valence-electron chi connectivity index (χ3n) is 8.03. The maximum Gasteiger partial charge on any atom is 0.0467 e. The zero-order valence-corrected chi connectivity index (χ0v) is 23.8. The van der Waals surface area contributed by atoms with Crippen LogP contribution < -0.4 is 4.90 Å². The van der Waals surface area contributed by atoms with E-state index in [0.717, 1.165) is 17.1 Å². The predicted octanol–water partition coefficient (Wildman–Crippen LogP) is 12.0. The molecule has 42 heavy (non-hydrogen) atoms. The highest BCUT2D eigenvalue weighted by atomic mass is 32.1. The van der Waals surface area contributed by atoms with Gasteiger partial charge in [0.25, 0.3) is 0 Å². The quantitative estimate of drug-likeness (QED) is 0.205. The van der Waals surface area contributed by atoms with E-state index in [0.29, 0.717) is 0 Å². The van der Waals surface area contributed by atoms with E-state index in [9.17, 15) is 0 Å². The van der Waals surface area contributed by atoms with Crippen molar-refractivity contribution in [2.24, 2.45) is 0 Å². The van der Waals surface area contributed by atoms with Gasteiger partial charge in [0.05, 0.1) is 0 Å². The molecular formula is C40H27NS. The van der Waals surface area contributed by atoms with Crippen molar-refractivity contribution in [3.05, 3.63) is 164 Å². The molecule has 0 spiro atoms. The number of hydrogen-bond donors (Lipinski definition) is 0. The standard InChI is InChI=1S/C40H27NS/c1-2-15-32(16-3-1)41(34-18-9-14-31(26-34)36-21-10-12-28-11-4-5-19-35(28)36)33-17-8-13-29(25-33)30-23-24-40-38(27-30)37-20-6-7-22-39(37)42-40/h1-27H. The summed E-state index contributed by atoms with van der Waals surface area (Å²) in [6.45, 7) is 0. The van der Waals surface area contributed by atoms with E-state index >= 15 is 0 Å². The summed E-state index contributed by atoms with van der Waals surface area (Å²) in [6.07, 6.45) is 0. The number of nitrogens with zero attached hydrogens (tertiary/aromatic N) is 1. The van der Waals surface area contributed by atoms with Crippen LogP contribution in [0.1, 0.15) is 0 Å². The Kier molecular flexibility index (Phi) is 6.05. The van der Waals surface area contributed by atoms with E-state index in [1.165, 1.54) is 53.2 Å². The summed E-state index contributed by atoms with van der Waals surface area (Å²) >= 11 is 1.86. The zero-order chi connectivity index (χ0) is 27.9. The minimum atomic E-state index is 1.13. The van der Waals surface area contributed by atoms with E-state index < -0.39 is 0 Å². The first-order valence-corrected chi connectivity index (χ1v) is 15.1. The number of hydrogen-bond acceptors (Lipinski definition) is 2. The van der Waals surface area contributed by atoms with Crippen molar-refractivity contribution in [3.8, 4) is 22.3 Å². The van der Waals surface area contributed by atoms with Gasteiger partial charge in [-0.15, -0.1) is 11.3 Å². The fraction of sp³-hybridized carbons (Fsp3) is 0. The van der Waals surface area contributed by atoms with Crippen LogP contribution in [0.4, 0.5) is 17.1 Å². The molecule has 0 fully saturated rings. The first kappa shape index (κ1) is 24.6. The summed E-state index contributed by atoms with van der Waals surface area (Å²) in [4.78, 5) is 2.36. The lowest BCUT2D eigenvalue weighted by Crippen LogP contribution is -2.10. The van der Waals surface area contributed by atoms with E-state index in [4.69, 9.17) is 0 Å². The zero-order valence-electron chi connectivity index (χ0n) is 22.9. The van der Waals surface area contributed by atoms with Gasteiger partial charge in [-0.05, 0) is 87.6 Å². The molecular weight excluding hydrogens is 527 g/mol. The van der Waals surface area contributed by atoms with Crippen LogP contribution in [0.5, 0.6) is 0 Å². The van der Waals surface area contributed by atoms with Gasteiger partial charge >= 0.3 is 0 Å². The molecule has 0 atom stereocenters. The molecule has 7 aromatic carbocycles. The molecule has 0 saturated carbocycles. The Morgan fingerprint density at radius 2 is 0.952 bits per heavy atom. The summed E-state index contributed by atoms with van der Waals surface area (Å²) in [6, 6.07) is 59.2. The Balaban J connectivity index is 1.26. The van der Waals surface area contributed by atoms with Crippen molar-refractivity contribution < 1.29 is 0 Å². The average Bonchev–Trinajstić information content (AvgIpc) is 3.43. The summed E-state index contributed by atoms with van der Waals surface area (Å²) in [5.41, 5.74) is 8.27. The number of rotatable bonds is 5. The second-order valence-electron chi connectivity index (χ2n) is 10.6. The van der Waals surface area contributed by atoms with Crippen LogP contribution in [-0.2, 0) is 0 Å². The Labute approximate surface area is 249 Å². The molecule has 0 unspecified atom stereocenters. The molecule has 1 aromatic heterocycles. The third-order valence-corrected chi connectivity index (χ3v) is 9.19. The molecule has 2 heteroatoms. The smallest absolute Gasteiger partial charge is 0.0467 e. The van der Waals surface area contributed by atoms with Crippen LogP contribution in [0.15, 0.2) is 164 Å². The topological polar surface area (TPSA) is 3.24 Å². The SMILES string of the molecule is c1ccc(N(c2cccc(-c3ccc4sc5ccccc5c4c3)c2)c2cccc(-c3cccc4ccccc34)c2)cc1. The van der Waals surface area contributed by atoms with Crippen LogP contribution in [0.25, 0.3) is 53.2 Å². The minimum Gasteiger partial charge on any atom is -0.310 e. The Morgan fingerprint density at radius 3 is 1.81 bits per heavy atom. The summed E-state index contributed by atoms with van der Waals surface area (Å²) < 4.78 is 2.66. The van der Waals surface area contributed by atoms with Gasteiger partial charge in [0.15, 0.2) is 0 Å². The molecule has 1 heterocycles. The molecule has 0 aliphatic rings. The normalized spacial score (nSPS) is 11.3. The molecule has 8 rings (SSSR count). The highest BCUT2D eigenvalue weighted by Gasteiger charge is 2.15. The summed E-state index contributed by atoms with van der Waals surface area (Å²) in [5.74, 6) is 0. The lowest BCUT2D eigenvalue weighted by molar-refractivity contribution is 1.28. The van der Waals surface area contributed by atoms with Crippen LogP contribution in [-0.4, -0.2) is 0 Å². The number of para-hydroxylation sites is 1. The highest BCUT2D eigenvalue weighted by Crippen LogP contribution is 2.40. The molecule has 0 radical (unpaired) electrons. The van der Waals surface area contributed by atoms with E-state index in [1.54, 1.807) is 0 Å². The van der Waals surface area contributed by atoms with Crippen molar-refractivity contribution >= 4 is 59.3 Å². The molecule has 0 bridgehead atoms. The summed E-state index contributed by atoms with van der Waals surface area (Å²) in [7, 11) is 0.